The van der Waals surface area contributed by atoms with Crippen molar-refractivity contribution in [2.24, 2.45) is 7.05 Å². The van der Waals surface area contributed by atoms with Crippen LogP contribution < -0.4 is 4.57 Å². The number of hydrogen-bond acceptors (Lipinski definition) is 3. The van der Waals surface area contributed by atoms with Crippen molar-refractivity contribution < 1.29 is 8.98 Å². The Hall–Kier alpha value is -3.19. The van der Waals surface area contributed by atoms with Crippen molar-refractivity contribution in [1.82, 2.24) is 4.98 Å². The summed E-state index contributed by atoms with van der Waals surface area (Å²) in [6.07, 6.45) is 2.18. The van der Waals surface area contributed by atoms with E-state index in [0.717, 1.165) is 33.2 Å². The van der Waals surface area contributed by atoms with E-state index in [2.05, 4.69) is 74.8 Å². The topological polar surface area (TPSA) is 53.7 Å². The molecule has 0 aliphatic heterocycles. The van der Waals surface area contributed by atoms with Gasteiger partial charge < -0.3 is 4.42 Å². The highest BCUT2D eigenvalue weighted by molar-refractivity contribution is 6.08. The number of pyridine rings is 2. The molecule has 27 heavy (non-hydrogen) atoms. The van der Waals surface area contributed by atoms with E-state index in [-0.39, 0.29) is 0 Å². The summed E-state index contributed by atoms with van der Waals surface area (Å²) in [4.78, 5) is 4.34. The van der Waals surface area contributed by atoms with Crippen LogP contribution in [0.4, 0.5) is 0 Å². The fraction of sp³-hybridized carbons (Fsp3) is 0.261. The molecular weight excluding hydrogens is 334 g/mol. The maximum absolute atomic E-state index is 9.14. The highest BCUT2D eigenvalue weighted by Gasteiger charge is 2.23. The molecule has 3 aromatic heterocycles. The van der Waals surface area contributed by atoms with Crippen LogP contribution in [-0.4, -0.2) is 4.98 Å². The van der Waals surface area contributed by atoms with Gasteiger partial charge in [-0.2, -0.15) is 5.26 Å². The summed E-state index contributed by atoms with van der Waals surface area (Å²) >= 11 is 0. The number of fused-ring (bicyclic) bond motifs is 3. The maximum Gasteiger partial charge on any atom is 0.228 e. The molecule has 0 fully saturated rings. The number of nitriles is 1. The Bertz CT molecular complexity index is 1240. The average Bonchev–Trinajstić information content (AvgIpc) is 2.99. The van der Waals surface area contributed by atoms with Crippen molar-refractivity contribution in [3.63, 3.8) is 0 Å². The SMILES string of the molecule is Cc1c[n+](C)c(-c2c(C)ccc3c2oc2nc(C#N)ccc23)cc1C(C)C. The Kier molecular flexibility index (Phi) is 3.96. The number of aromatic nitrogens is 2. The number of aryl methyl sites for hydroxylation is 3. The number of hydrogen-bond donors (Lipinski definition) is 0. The van der Waals surface area contributed by atoms with E-state index in [1.807, 2.05) is 6.07 Å². The first-order valence-electron chi connectivity index (χ1n) is 9.14. The van der Waals surface area contributed by atoms with Gasteiger partial charge in [0.15, 0.2) is 11.8 Å². The highest BCUT2D eigenvalue weighted by atomic mass is 16.3. The van der Waals surface area contributed by atoms with Gasteiger partial charge in [-0.05, 0) is 43.0 Å². The Morgan fingerprint density at radius 1 is 1.07 bits per heavy atom. The van der Waals surface area contributed by atoms with E-state index >= 15 is 0 Å². The first-order valence-corrected chi connectivity index (χ1v) is 9.14. The Labute approximate surface area is 158 Å². The lowest BCUT2D eigenvalue weighted by Gasteiger charge is -2.12. The van der Waals surface area contributed by atoms with Crippen LogP contribution in [0.3, 0.4) is 0 Å². The molecule has 134 valence electrons. The summed E-state index contributed by atoms with van der Waals surface area (Å²) in [6, 6.07) is 12.2. The minimum Gasteiger partial charge on any atom is -0.437 e. The third kappa shape index (κ3) is 2.67. The zero-order chi connectivity index (χ0) is 19.3. The molecule has 4 aromatic rings. The summed E-state index contributed by atoms with van der Waals surface area (Å²) in [5.41, 5.74) is 7.66. The van der Waals surface area contributed by atoms with Gasteiger partial charge >= 0.3 is 0 Å². The molecular formula is C23H22N3O+. The number of nitrogens with zero attached hydrogens (tertiary/aromatic N) is 3. The van der Waals surface area contributed by atoms with Crippen molar-refractivity contribution in [1.29, 1.82) is 5.26 Å². The molecule has 0 atom stereocenters. The molecule has 1 aromatic carbocycles. The van der Waals surface area contributed by atoms with Gasteiger partial charge in [0.25, 0.3) is 0 Å². The zero-order valence-electron chi connectivity index (χ0n) is 16.3. The van der Waals surface area contributed by atoms with E-state index in [9.17, 15) is 0 Å². The summed E-state index contributed by atoms with van der Waals surface area (Å²) in [5, 5.41) is 11.1. The van der Waals surface area contributed by atoms with Crippen molar-refractivity contribution >= 4 is 22.1 Å². The van der Waals surface area contributed by atoms with Crippen LogP contribution >= 0.6 is 0 Å². The smallest absolute Gasteiger partial charge is 0.228 e. The summed E-state index contributed by atoms with van der Waals surface area (Å²) in [7, 11) is 2.07. The van der Waals surface area contributed by atoms with Crippen molar-refractivity contribution in [2.75, 3.05) is 0 Å². The molecule has 0 bridgehead atoms. The Morgan fingerprint density at radius 2 is 1.81 bits per heavy atom. The fourth-order valence-corrected chi connectivity index (χ4v) is 3.87. The van der Waals surface area contributed by atoms with Crippen LogP contribution in [0.25, 0.3) is 33.3 Å². The lowest BCUT2D eigenvalue weighted by molar-refractivity contribution is -0.660. The maximum atomic E-state index is 9.14. The highest BCUT2D eigenvalue weighted by Crippen LogP contribution is 2.37. The summed E-state index contributed by atoms with van der Waals surface area (Å²) in [6.45, 7) is 8.69. The minimum absolute atomic E-state index is 0.364. The largest absolute Gasteiger partial charge is 0.437 e. The van der Waals surface area contributed by atoms with E-state index in [0.29, 0.717) is 17.3 Å². The predicted molar refractivity (Wildman–Crippen MR) is 106 cm³/mol. The molecule has 4 nitrogen and oxygen atoms in total. The normalized spacial score (nSPS) is 11.4. The van der Waals surface area contributed by atoms with Gasteiger partial charge in [-0.15, -0.1) is 0 Å². The van der Waals surface area contributed by atoms with E-state index in [1.165, 1.54) is 11.1 Å². The second kappa shape index (κ2) is 6.21. The second-order valence-electron chi connectivity index (χ2n) is 7.46. The third-order valence-corrected chi connectivity index (χ3v) is 5.22. The zero-order valence-corrected chi connectivity index (χ0v) is 16.3. The molecule has 4 rings (SSSR count). The molecule has 0 spiro atoms. The second-order valence-corrected chi connectivity index (χ2v) is 7.46. The average molecular weight is 356 g/mol. The van der Waals surface area contributed by atoms with Gasteiger partial charge in [0.1, 0.15) is 18.8 Å². The lowest BCUT2D eigenvalue weighted by atomic mass is 9.94. The van der Waals surface area contributed by atoms with Gasteiger partial charge in [0.05, 0.1) is 5.56 Å². The molecule has 0 N–H and O–H groups in total. The van der Waals surface area contributed by atoms with Crippen LogP contribution in [0.2, 0.25) is 0 Å². The van der Waals surface area contributed by atoms with Crippen LogP contribution in [0.15, 0.2) is 40.9 Å². The first kappa shape index (κ1) is 17.2. The van der Waals surface area contributed by atoms with Gasteiger partial charge in [-0.25, -0.2) is 9.55 Å². The standard InChI is InChI=1S/C23H22N3O/c1-13(2)19-10-20(26(5)12-15(19)4)21-14(3)6-8-17-18-9-7-16(11-24)25-23(18)27-22(17)21/h6-10,12-13H,1-5H3/q+1. The van der Waals surface area contributed by atoms with Crippen molar-refractivity contribution in [3.8, 4) is 17.3 Å². The van der Waals surface area contributed by atoms with E-state index in [1.54, 1.807) is 6.07 Å². The van der Waals surface area contributed by atoms with E-state index < -0.39 is 0 Å². The molecule has 0 saturated carbocycles. The number of benzene rings is 1. The van der Waals surface area contributed by atoms with Gasteiger partial charge in [-0.1, -0.05) is 26.0 Å². The molecule has 4 heteroatoms. The molecule has 0 radical (unpaired) electrons. The Morgan fingerprint density at radius 3 is 2.52 bits per heavy atom. The number of rotatable bonds is 2. The monoisotopic (exact) mass is 356 g/mol. The first-order chi connectivity index (χ1) is 12.9. The Balaban J connectivity index is 2.09. The molecule has 3 heterocycles. The van der Waals surface area contributed by atoms with E-state index in [4.69, 9.17) is 9.68 Å². The minimum atomic E-state index is 0.364. The van der Waals surface area contributed by atoms with Crippen LogP contribution in [0, 0.1) is 25.2 Å². The lowest BCUT2D eigenvalue weighted by Crippen LogP contribution is -2.32. The molecule has 0 saturated heterocycles. The van der Waals surface area contributed by atoms with Gasteiger partial charge in [-0.3, -0.25) is 0 Å². The van der Waals surface area contributed by atoms with Crippen molar-refractivity contribution in [2.45, 2.75) is 33.6 Å². The molecule has 0 unspecified atom stereocenters. The summed E-state index contributed by atoms with van der Waals surface area (Å²) in [5.74, 6) is 0.444. The fourth-order valence-electron chi connectivity index (χ4n) is 3.87. The van der Waals surface area contributed by atoms with Crippen molar-refractivity contribution in [3.05, 3.63) is 58.9 Å². The predicted octanol–water partition coefficient (Wildman–Crippen LogP) is 5.08. The molecule has 0 aliphatic rings. The molecule has 0 aliphatic carbocycles. The van der Waals surface area contributed by atoms with Crippen LogP contribution in [-0.2, 0) is 7.05 Å². The van der Waals surface area contributed by atoms with Crippen LogP contribution in [0.1, 0.15) is 42.1 Å². The van der Waals surface area contributed by atoms with Crippen LogP contribution in [0.5, 0.6) is 0 Å². The molecule has 0 amide bonds. The summed E-state index contributed by atoms with van der Waals surface area (Å²) < 4.78 is 8.33. The quantitative estimate of drug-likeness (QED) is 0.470. The number of furan rings is 1. The van der Waals surface area contributed by atoms with Gasteiger partial charge in [0, 0.05) is 22.4 Å². The third-order valence-electron chi connectivity index (χ3n) is 5.22. The van der Waals surface area contributed by atoms with Gasteiger partial charge in [0.2, 0.25) is 11.4 Å².